The van der Waals surface area contributed by atoms with Crippen molar-refractivity contribution in [2.24, 2.45) is 12.8 Å². The Kier molecular flexibility index (Phi) is 3.01. The lowest BCUT2D eigenvalue weighted by molar-refractivity contribution is 0.630. The highest BCUT2D eigenvalue weighted by atomic mass is 19.1. The van der Waals surface area contributed by atoms with Crippen molar-refractivity contribution < 1.29 is 4.39 Å². The Morgan fingerprint density at radius 2 is 2.12 bits per heavy atom. The molecule has 0 unspecified atom stereocenters. The van der Waals surface area contributed by atoms with Gasteiger partial charge in [-0.15, -0.1) is 0 Å². The number of hydrogen-bond donors (Lipinski definition) is 1. The highest BCUT2D eigenvalue weighted by Gasteiger charge is 2.13. The first kappa shape index (κ1) is 10.8. The van der Waals surface area contributed by atoms with Crippen molar-refractivity contribution in [3.63, 3.8) is 0 Å². The third-order valence-corrected chi connectivity index (χ3v) is 2.57. The van der Waals surface area contributed by atoms with Gasteiger partial charge in [0.2, 0.25) is 0 Å². The molecule has 0 aliphatic carbocycles. The second-order valence-electron chi connectivity index (χ2n) is 3.67. The van der Waals surface area contributed by atoms with Gasteiger partial charge in [0.1, 0.15) is 5.82 Å². The standard InChI is InChI=1S/C12H14FN3/c1-16-8-15-12(11(16)6-7-14)9-4-2-3-5-10(9)13/h2-5,8H,6-7,14H2,1H3. The van der Waals surface area contributed by atoms with E-state index in [1.807, 2.05) is 11.6 Å². The van der Waals surface area contributed by atoms with Gasteiger partial charge in [0.05, 0.1) is 12.0 Å². The lowest BCUT2D eigenvalue weighted by Crippen LogP contribution is -2.07. The molecular formula is C12H14FN3. The van der Waals surface area contributed by atoms with Crippen LogP contribution in [-0.2, 0) is 13.5 Å². The third-order valence-electron chi connectivity index (χ3n) is 2.57. The predicted octanol–water partition coefficient (Wildman–Crippen LogP) is 1.73. The third kappa shape index (κ3) is 1.84. The molecule has 0 aliphatic rings. The summed E-state index contributed by atoms with van der Waals surface area (Å²) in [5.41, 5.74) is 7.72. The van der Waals surface area contributed by atoms with Crippen LogP contribution < -0.4 is 5.73 Å². The van der Waals surface area contributed by atoms with Gasteiger partial charge in [0, 0.05) is 24.7 Å². The smallest absolute Gasteiger partial charge is 0.132 e. The van der Waals surface area contributed by atoms with E-state index in [0.717, 1.165) is 5.69 Å². The second-order valence-corrected chi connectivity index (χ2v) is 3.67. The second kappa shape index (κ2) is 4.45. The van der Waals surface area contributed by atoms with Crippen LogP contribution >= 0.6 is 0 Å². The van der Waals surface area contributed by atoms with Gasteiger partial charge < -0.3 is 10.3 Å². The van der Waals surface area contributed by atoms with Crippen LogP contribution in [0.5, 0.6) is 0 Å². The summed E-state index contributed by atoms with van der Waals surface area (Å²) in [6, 6.07) is 6.65. The molecule has 2 N–H and O–H groups in total. The van der Waals surface area contributed by atoms with Gasteiger partial charge in [-0.2, -0.15) is 0 Å². The van der Waals surface area contributed by atoms with Crippen LogP contribution in [0.1, 0.15) is 5.69 Å². The minimum atomic E-state index is -0.250. The summed E-state index contributed by atoms with van der Waals surface area (Å²) in [5, 5.41) is 0. The molecular weight excluding hydrogens is 205 g/mol. The molecule has 0 spiro atoms. The Labute approximate surface area is 93.7 Å². The van der Waals surface area contributed by atoms with Gasteiger partial charge in [0.15, 0.2) is 0 Å². The molecule has 1 heterocycles. The fraction of sp³-hybridized carbons (Fsp3) is 0.250. The van der Waals surface area contributed by atoms with Gasteiger partial charge in [0.25, 0.3) is 0 Å². The fourth-order valence-corrected chi connectivity index (χ4v) is 1.77. The van der Waals surface area contributed by atoms with E-state index in [1.54, 1.807) is 24.5 Å². The summed E-state index contributed by atoms with van der Waals surface area (Å²) in [4.78, 5) is 4.23. The van der Waals surface area contributed by atoms with Gasteiger partial charge in [-0.25, -0.2) is 9.37 Å². The van der Waals surface area contributed by atoms with E-state index < -0.39 is 0 Å². The number of imidazole rings is 1. The average Bonchev–Trinajstić information content (AvgIpc) is 2.62. The van der Waals surface area contributed by atoms with Gasteiger partial charge in [-0.05, 0) is 18.7 Å². The van der Waals surface area contributed by atoms with E-state index in [1.165, 1.54) is 6.07 Å². The van der Waals surface area contributed by atoms with Crippen LogP contribution in [0, 0.1) is 5.82 Å². The molecule has 0 bridgehead atoms. The number of hydrogen-bond acceptors (Lipinski definition) is 2. The van der Waals surface area contributed by atoms with Crippen molar-refractivity contribution in [1.82, 2.24) is 9.55 Å². The number of aryl methyl sites for hydroxylation is 1. The highest BCUT2D eigenvalue weighted by Crippen LogP contribution is 2.24. The SMILES string of the molecule is Cn1cnc(-c2ccccc2F)c1CCN. The fourth-order valence-electron chi connectivity index (χ4n) is 1.77. The molecule has 3 nitrogen and oxygen atoms in total. The van der Waals surface area contributed by atoms with E-state index in [2.05, 4.69) is 4.98 Å². The molecule has 1 aromatic carbocycles. The predicted molar refractivity (Wildman–Crippen MR) is 61.4 cm³/mol. The van der Waals surface area contributed by atoms with Gasteiger partial charge in [-0.1, -0.05) is 12.1 Å². The molecule has 2 aromatic rings. The number of rotatable bonds is 3. The highest BCUT2D eigenvalue weighted by molar-refractivity contribution is 5.62. The van der Waals surface area contributed by atoms with E-state index >= 15 is 0 Å². The summed E-state index contributed by atoms with van der Waals surface area (Å²) >= 11 is 0. The molecule has 4 heteroatoms. The number of aromatic nitrogens is 2. The van der Waals surface area contributed by atoms with Crippen LogP contribution in [-0.4, -0.2) is 16.1 Å². The minimum absolute atomic E-state index is 0.250. The zero-order chi connectivity index (χ0) is 11.5. The lowest BCUT2D eigenvalue weighted by Gasteiger charge is -2.05. The van der Waals surface area contributed by atoms with Crippen LogP contribution in [0.15, 0.2) is 30.6 Å². The van der Waals surface area contributed by atoms with Gasteiger partial charge in [-0.3, -0.25) is 0 Å². The zero-order valence-corrected chi connectivity index (χ0v) is 9.15. The van der Waals surface area contributed by atoms with Crippen molar-refractivity contribution >= 4 is 0 Å². The van der Waals surface area contributed by atoms with Crippen molar-refractivity contribution in [1.29, 1.82) is 0 Å². The summed E-state index contributed by atoms with van der Waals surface area (Å²) < 4.78 is 15.5. The summed E-state index contributed by atoms with van der Waals surface area (Å²) in [6.45, 7) is 0.529. The van der Waals surface area contributed by atoms with Crippen molar-refractivity contribution in [2.75, 3.05) is 6.54 Å². The number of halogens is 1. The number of benzene rings is 1. The Hall–Kier alpha value is -1.68. The van der Waals surface area contributed by atoms with Crippen LogP contribution in [0.25, 0.3) is 11.3 Å². The maximum absolute atomic E-state index is 13.6. The summed E-state index contributed by atoms with van der Waals surface area (Å²) in [7, 11) is 1.89. The number of nitrogens with zero attached hydrogens (tertiary/aromatic N) is 2. The maximum atomic E-state index is 13.6. The number of nitrogens with two attached hydrogens (primary N) is 1. The molecule has 0 radical (unpaired) electrons. The Morgan fingerprint density at radius 3 is 2.81 bits per heavy atom. The topological polar surface area (TPSA) is 43.8 Å². The quantitative estimate of drug-likeness (QED) is 0.854. The normalized spacial score (nSPS) is 10.7. The van der Waals surface area contributed by atoms with Crippen molar-refractivity contribution in [2.45, 2.75) is 6.42 Å². The van der Waals surface area contributed by atoms with Crippen LogP contribution in [0.3, 0.4) is 0 Å². The molecule has 0 saturated heterocycles. The Morgan fingerprint density at radius 1 is 1.38 bits per heavy atom. The largest absolute Gasteiger partial charge is 0.337 e. The molecule has 16 heavy (non-hydrogen) atoms. The summed E-state index contributed by atoms with van der Waals surface area (Å²) in [5.74, 6) is -0.250. The molecule has 1 aromatic heterocycles. The van der Waals surface area contributed by atoms with E-state index in [0.29, 0.717) is 24.2 Å². The Bertz CT molecular complexity index is 491. The van der Waals surface area contributed by atoms with Crippen LogP contribution in [0.4, 0.5) is 4.39 Å². The average molecular weight is 219 g/mol. The van der Waals surface area contributed by atoms with E-state index in [4.69, 9.17) is 5.73 Å². The summed E-state index contributed by atoms with van der Waals surface area (Å²) in [6.07, 6.45) is 2.38. The molecule has 84 valence electrons. The van der Waals surface area contributed by atoms with Crippen molar-refractivity contribution in [3.8, 4) is 11.3 Å². The molecule has 0 fully saturated rings. The first-order valence-electron chi connectivity index (χ1n) is 5.19. The molecule has 0 atom stereocenters. The maximum Gasteiger partial charge on any atom is 0.132 e. The lowest BCUT2D eigenvalue weighted by atomic mass is 10.1. The monoisotopic (exact) mass is 219 g/mol. The van der Waals surface area contributed by atoms with Crippen molar-refractivity contribution in [3.05, 3.63) is 42.1 Å². The van der Waals surface area contributed by atoms with E-state index in [-0.39, 0.29) is 5.82 Å². The Balaban J connectivity index is 2.52. The molecule has 2 rings (SSSR count). The zero-order valence-electron chi connectivity index (χ0n) is 9.15. The minimum Gasteiger partial charge on any atom is -0.337 e. The first-order chi connectivity index (χ1) is 7.74. The molecule has 0 saturated carbocycles. The van der Waals surface area contributed by atoms with Crippen LogP contribution in [0.2, 0.25) is 0 Å². The molecule has 0 amide bonds. The van der Waals surface area contributed by atoms with E-state index in [9.17, 15) is 4.39 Å². The van der Waals surface area contributed by atoms with Gasteiger partial charge >= 0.3 is 0 Å². The first-order valence-corrected chi connectivity index (χ1v) is 5.19. The molecule has 0 aliphatic heterocycles.